The standard InChI is InChI=1S/C19H14N2O2/c1-11-20-10-17(19(22)23)18(21-11)15-8-4-7-14-13-6-3-2-5-12(13)9-16(14)15/h2-8,10H,9H2,1H3,(H,22,23). The summed E-state index contributed by atoms with van der Waals surface area (Å²) >= 11 is 0. The van der Waals surface area contributed by atoms with Gasteiger partial charge in [0.15, 0.2) is 0 Å². The van der Waals surface area contributed by atoms with E-state index in [1.54, 1.807) is 6.92 Å². The molecule has 4 rings (SSSR count). The Kier molecular flexibility index (Phi) is 2.98. The number of aromatic carboxylic acids is 1. The normalized spacial score (nSPS) is 11.9. The smallest absolute Gasteiger partial charge is 0.339 e. The zero-order valence-corrected chi connectivity index (χ0v) is 12.6. The molecule has 1 aliphatic rings. The van der Waals surface area contributed by atoms with Gasteiger partial charge in [-0.05, 0) is 35.6 Å². The van der Waals surface area contributed by atoms with Gasteiger partial charge in [-0.3, -0.25) is 0 Å². The van der Waals surface area contributed by atoms with Crippen molar-refractivity contribution in [2.45, 2.75) is 13.3 Å². The maximum absolute atomic E-state index is 11.5. The minimum Gasteiger partial charge on any atom is -0.478 e. The van der Waals surface area contributed by atoms with E-state index in [-0.39, 0.29) is 5.56 Å². The zero-order valence-electron chi connectivity index (χ0n) is 12.6. The van der Waals surface area contributed by atoms with Crippen LogP contribution in [0.15, 0.2) is 48.7 Å². The molecule has 0 bridgehead atoms. The third-order valence-corrected chi connectivity index (χ3v) is 4.25. The first-order valence-electron chi connectivity index (χ1n) is 7.42. The molecule has 112 valence electrons. The number of aryl methyl sites for hydroxylation is 1. The second-order valence-corrected chi connectivity index (χ2v) is 5.65. The summed E-state index contributed by atoms with van der Waals surface area (Å²) in [5, 5.41) is 9.46. The van der Waals surface area contributed by atoms with E-state index in [1.165, 1.54) is 17.3 Å². The van der Waals surface area contributed by atoms with Gasteiger partial charge in [-0.25, -0.2) is 14.8 Å². The molecule has 0 fully saturated rings. The summed E-state index contributed by atoms with van der Waals surface area (Å²) in [6.45, 7) is 1.77. The van der Waals surface area contributed by atoms with Crippen molar-refractivity contribution in [2.24, 2.45) is 0 Å². The van der Waals surface area contributed by atoms with E-state index >= 15 is 0 Å². The molecule has 4 nitrogen and oxygen atoms in total. The number of hydrogen-bond donors (Lipinski definition) is 1. The molecule has 2 aromatic carbocycles. The van der Waals surface area contributed by atoms with Crippen LogP contribution in [0.1, 0.15) is 27.3 Å². The third-order valence-electron chi connectivity index (χ3n) is 4.25. The monoisotopic (exact) mass is 302 g/mol. The minimum absolute atomic E-state index is 0.139. The number of hydrogen-bond acceptors (Lipinski definition) is 3. The van der Waals surface area contributed by atoms with E-state index in [4.69, 9.17) is 0 Å². The van der Waals surface area contributed by atoms with Gasteiger partial charge in [0, 0.05) is 11.8 Å². The van der Waals surface area contributed by atoms with Gasteiger partial charge in [0.05, 0.1) is 5.69 Å². The fourth-order valence-electron chi connectivity index (χ4n) is 3.21. The van der Waals surface area contributed by atoms with E-state index in [0.29, 0.717) is 11.5 Å². The molecule has 3 aromatic rings. The highest BCUT2D eigenvalue weighted by molar-refractivity contribution is 5.96. The second kappa shape index (κ2) is 5.02. The molecule has 1 heterocycles. The number of nitrogens with zero attached hydrogens (tertiary/aromatic N) is 2. The van der Waals surface area contributed by atoms with Gasteiger partial charge in [-0.15, -0.1) is 0 Å². The van der Waals surface area contributed by atoms with Crippen molar-refractivity contribution >= 4 is 5.97 Å². The molecule has 1 aromatic heterocycles. The first kappa shape index (κ1) is 13.6. The quantitative estimate of drug-likeness (QED) is 0.613. The van der Waals surface area contributed by atoms with Gasteiger partial charge in [0.2, 0.25) is 0 Å². The SMILES string of the molecule is Cc1ncc(C(=O)O)c(-c2cccc3c2Cc2ccccc2-3)n1. The molecule has 0 amide bonds. The third kappa shape index (κ3) is 2.11. The van der Waals surface area contributed by atoms with Crippen molar-refractivity contribution in [2.75, 3.05) is 0 Å². The van der Waals surface area contributed by atoms with Gasteiger partial charge in [0.1, 0.15) is 11.4 Å². The lowest BCUT2D eigenvalue weighted by molar-refractivity contribution is 0.0697. The lowest BCUT2D eigenvalue weighted by atomic mass is 9.97. The van der Waals surface area contributed by atoms with Crippen molar-refractivity contribution in [3.8, 4) is 22.4 Å². The molecule has 23 heavy (non-hydrogen) atoms. The summed E-state index contributed by atoms with van der Waals surface area (Å²) in [5.74, 6) is -0.439. The molecule has 0 unspecified atom stereocenters. The number of carbonyl (C=O) groups is 1. The van der Waals surface area contributed by atoms with Gasteiger partial charge >= 0.3 is 5.97 Å². The molecular formula is C19H14N2O2. The van der Waals surface area contributed by atoms with Crippen LogP contribution in [0.2, 0.25) is 0 Å². The van der Waals surface area contributed by atoms with Crippen molar-refractivity contribution in [3.63, 3.8) is 0 Å². The highest BCUT2D eigenvalue weighted by atomic mass is 16.4. The number of rotatable bonds is 2. The number of carboxylic acids is 1. The summed E-state index contributed by atoms with van der Waals surface area (Å²) in [6.07, 6.45) is 2.19. The molecule has 1 N–H and O–H groups in total. The lowest BCUT2D eigenvalue weighted by Crippen LogP contribution is -2.05. The highest BCUT2D eigenvalue weighted by Gasteiger charge is 2.24. The summed E-state index contributed by atoms with van der Waals surface area (Å²) in [6, 6.07) is 14.3. The topological polar surface area (TPSA) is 63.1 Å². The largest absolute Gasteiger partial charge is 0.478 e. The molecule has 0 aliphatic heterocycles. The van der Waals surface area contributed by atoms with Gasteiger partial charge < -0.3 is 5.11 Å². The Labute approximate surface area is 133 Å². The zero-order chi connectivity index (χ0) is 16.0. The minimum atomic E-state index is -1.01. The van der Waals surface area contributed by atoms with Crippen LogP contribution in [0.5, 0.6) is 0 Å². The Balaban J connectivity index is 1.97. The van der Waals surface area contributed by atoms with Gasteiger partial charge in [-0.2, -0.15) is 0 Å². The average Bonchev–Trinajstić information content (AvgIpc) is 2.93. The first-order chi connectivity index (χ1) is 11.1. The van der Waals surface area contributed by atoms with Crippen LogP contribution < -0.4 is 0 Å². The average molecular weight is 302 g/mol. The molecule has 0 saturated heterocycles. The Hall–Kier alpha value is -3.01. The van der Waals surface area contributed by atoms with Crippen LogP contribution >= 0.6 is 0 Å². The fourth-order valence-corrected chi connectivity index (χ4v) is 3.21. The van der Waals surface area contributed by atoms with E-state index < -0.39 is 5.97 Å². The van der Waals surface area contributed by atoms with Crippen LogP contribution in [-0.4, -0.2) is 21.0 Å². The molecule has 0 radical (unpaired) electrons. The van der Waals surface area contributed by atoms with E-state index in [9.17, 15) is 9.90 Å². The summed E-state index contributed by atoms with van der Waals surface area (Å²) in [5.41, 5.74) is 6.28. The van der Waals surface area contributed by atoms with Crippen molar-refractivity contribution in [1.29, 1.82) is 0 Å². The molecular weight excluding hydrogens is 288 g/mol. The number of carboxylic acid groups (broad SMARTS) is 1. The van der Waals surface area contributed by atoms with Crippen LogP contribution in [0.4, 0.5) is 0 Å². The van der Waals surface area contributed by atoms with E-state index in [0.717, 1.165) is 23.1 Å². The van der Waals surface area contributed by atoms with Crippen LogP contribution in [0, 0.1) is 6.92 Å². The number of benzene rings is 2. The van der Waals surface area contributed by atoms with Gasteiger partial charge in [-0.1, -0.05) is 42.5 Å². The maximum Gasteiger partial charge on any atom is 0.339 e. The molecule has 4 heteroatoms. The van der Waals surface area contributed by atoms with Crippen LogP contribution in [0.25, 0.3) is 22.4 Å². The predicted octanol–water partition coefficient (Wildman–Crippen LogP) is 3.72. The van der Waals surface area contributed by atoms with Gasteiger partial charge in [0.25, 0.3) is 0 Å². The van der Waals surface area contributed by atoms with Crippen LogP contribution in [0.3, 0.4) is 0 Å². The Morgan fingerprint density at radius 2 is 1.78 bits per heavy atom. The van der Waals surface area contributed by atoms with Crippen molar-refractivity contribution in [1.82, 2.24) is 9.97 Å². The highest BCUT2D eigenvalue weighted by Crippen LogP contribution is 2.41. The summed E-state index contributed by atoms with van der Waals surface area (Å²) in [4.78, 5) is 20.0. The van der Waals surface area contributed by atoms with E-state index in [2.05, 4.69) is 28.2 Å². The second-order valence-electron chi connectivity index (χ2n) is 5.65. The van der Waals surface area contributed by atoms with Crippen molar-refractivity contribution < 1.29 is 9.90 Å². The first-order valence-corrected chi connectivity index (χ1v) is 7.42. The number of aromatic nitrogens is 2. The predicted molar refractivity (Wildman–Crippen MR) is 87.4 cm³/mol. The molecule has 0 saturated carbocycles. The summed E-state index contributed by atoms with van der Waals surface area (Å²) in [7, 11) is 0. The molecule has 0 spiro atoms. The maximum atomic E-state index is 11.5. The van der Waals surface area contributed by atoms with Crippen LogP contribution in [-0.2, 0) is 6.42 Å². The Morgan fingerprint density at radius 1 is 1.04 bits per heavy atom. The van der Waals surface area contributed by atoms with E-state index in [1.807, 2.05) is 24.3 Å². The fraction of sp³-hybridized carbons (Fsp3) is 0.105. The molecule has 1 aliphatic carbocycles. The van der Waals surface area contributed by atoms with Crippen molar-refractivity contribution in [3.05, 3.63) is 71.2 Å². The summed E-state index contributed by atoms with van der Waals surface area (Å²) < 4.78 is 0. The number of fused-ring (bicyclic) bond motifs is 3. The Morgan fingerprint density at radius 3 is 2.61 bits per heavy atom. The lowest BCUT2D eigenvalue weighted by Gasteiger charge is -2.11. The Bertz CT molecular complexity index is 948. The molecule has 0 atom stereocenters.